The van der Waals surface area contributed by atoms with E-state index in [2.05, 4.69) is 22.0 Å². The van der Waals surface area contributed by atoms with Crippen LogP contribution in [0.25, 0.3) is 5.69 Å². The average molecular weight is 243 g/mol. The van der Waals surface area contributed by atoms with Crippen molar-refractivity contribution in [2.24, 2.45) is 0 Å². The van der Waals surface area contributed by atoms with Gasteiger partial charge in [0.1, 0.15) is 5.75 Å². The Kier molecular flexibility index (Phi) is 2.80. The van der Waals surface area contributed by atoms with Crippen molar-refractivity contribution in [2.45, 2.75) is 19.9 Å². The molecule has 3 rings (SSSR count). The first-order valence-corrected chi connectivity index (χ1v) is 6.22. The first-order chi connectivity index (χ1) is 8.79. The zero-order chi connectivity index (χ0) is 12.5. The molecule has 4 heteroatoms. The van der Waals surface area contributed by atoms with Crippen LogP contribution >= 0.6 is 0 Å². The molecule has 1 N–H and O–H groups in total. The van der Waals surface area contributed by atoms with Crippen molar-refractivity contribution in [3.8, 4) is 11.4 Å². The normalized spacial score (nSPS) is 14.3. The minimum atomic E-state index is 0.873. The highest BCUT2D eigenvalue weighted by atomic mass is 16.5. The van der Waals surface area contributed by atoms with E-state index in [1.807, 2.05) is 24.3 Å². The highest BCUT2D eigenvalue weighted by Gasteiger charge is 2.18. The molecule has 2 aromatic rings. The monoisotopic (exact) mass is 243 g/mol. The van der Waals surface area contributed by atoms with Crippen molar-refractivity contribution in [3.63, 3.8) is 0 Å². The largest absolute Gasteiger partial charge is 0.497 e. The molecule has 1 aromatic heterocycles. The van der Waals surface area contributed by atoms with Crippen molar-refractivity contribution >= 4 is 0 Å². The maximum absolute atomic E-state index is 5.18. The van der Waals surface area contributed by atoms with Gasteiger partial charge in [-0.15, -0.1) is 0 Å². The summed E-state index contributed by atoms with van der Waals surface area (Å²) in [6.07, 6.45) is 1.03. The third-order valence-corrected chi connectivity index (χ3v) is 3.45. The number of ether oxygens (including phenoxy) is 1. The molecule has 0 saturated carbocycles. The molecule has 0 aliphatic carbocycles. The molecule has 94 valence electrons. The summed E-state index contributed by atoms with van der Waals surface area (Å²) in [6, 6.07) is 8.04. The number of aryl methyl sites for hydroxylation is 1. The van der Waals surface area contributed by atoms with E-state index in [1.54, 1.807) is 7.11 Å². The number of nitrogens with zero attached hydrogens (tertiary/aromatic N) is 2. The molecule has 0 bridgehead atoms. The fourth-order valence-electron chi connectivity index (χ4n) is 2.45. The van der Waals surface area contributed by atoms with Gasteiger partial charge in [0.15, 0.2) is 0 Å². The van der Waals surface area contributed by atoms with Crippen molar-refractivity contribution in [1.29, 1.82) is 0 Å². The van der Waals surface area contributed by atoms with Gasteiger partial charge in [-0.25, -0.2) is 4.68 Å². The molecule has 1 aromatic carbocycles. The number of hydrogen-bond donors (Lipinski definition) is 1. The smallest absolute Gasteiger partial charge is 0.119 e. The number of rotatable bonds is 2. The molecule has 0 spiro atoms. The lowest BCUT2D eigenvalue weighted by Crippen LogP contribution is -2.24. The minimum absolute atomic E-state index is 0.873. The quantitative estimate of drug-likeness (QED) is 0.874. The van der Waals surface area contributed by atoms with Crippen LogP contribution in [0.5, 0.6) is 5.75 Å². The molecule has 0 atom stereocenters. The summed E-state index contributed by atoms with van der Waals surface area (Å²) in [5, 5.41) is 8.05. The third kappa shape index (κ3) is 1.78. The fourth-order valence-corrected chi connectivity index (χ4v) is 2.45. The Morgan fingerprint density at radius 1 is 1.28 bits per heavy atom. The second-order valence-electron chi connectivity index (χ2n) is 4.55. The predicted octanol–water partition coefficient (Wildman–Crippen LogP) is 1.84. The Bertz CT molecular complexity index is 557. The van der Waals surface area contributed by atoms with E-state index in [4.69, 9.17) is 4.74 Å². The van der Waals surface area contributed by atoms with Gasteiger partial charge in [-0.1, -0.05) is 0 Å². The van der Waals surface area contributed by atoms with E-state index in [0.29, 0.717) is 0 Å². The Morgan fingerprint density at radius 3 is 2.78 bits per heavy atom. The van der Waals surface area contributed by atoms with Gasteiger partial charge in [0.25, 0.3) is 0 Å². The minimum Gasteiger partial charge on any atom is -0.497 e. The highest BCUT2D eigenvalue weighted by Crippen LogP contribution is 2.22. The molecule has 0 fully saturated rings. The molecular formula is C14H17N3O. The number of hydrogen-bond acceptors (Lipinski definition) is 3. The SMILES string of the molecule is COc1ccc(-n2nc(C)c3c2CCNC3)cc1. The highest BCUT2D eigenvalue weighted by molar-refractivity contribution is 5.41. The van der Waals surface area contributed by atoms with Gasteiger partial charge in [-0.05, 0) is 31.2 Å². The van der Waals surface area contributed by atoms with E-state index >= 15 is 0 Å². The van der Waals surface area contributed by atoms with Crippen LogP contribution in [0.2, 0.25) is 0 Å². The molecule has 0 unspecified atom stereocenters. The Hall–Kier alpha value is -1.81. The number of aromatic nitrogens is 2. The van der Waals surface area contributed by atoms with E-state index < -0.39 is 0 Å². The van der Waals surface area contributed by atoms with Crippen molar-refractivity contribution < 1.29 is 4.74 Å². The molecule has 1 aliphatic heterocycles. The summed E-state index contributed by atoms with van der Waals surface area (Å²) >= 11 is 0. The fraction of sp³-hybridized carbons (Fsp3) is 0.357. The van der Waals surface area contributed by atoms with Crippen LogP contribution in [0.1, 0.15) is 17.0 Å². The zero-order valence-electron chi connectivity index (χ0n) is 10.7. The summed E-state index contributed by atoms with van der Waals surface area (Å²) in [5.41, 5.74) is 4.89. The van der Waals surface area contributed by atoms with Gasteiger partial charge in [0.05, 0.1) is 24.2 Å². The van der Waals surface area contributed by atoms with Crippen LogP contribution < -0.4 is 10.1 Å². The first kappa shape index (κ1) is 11.3. The molecule has 18 heavy (non-hydrogen) atoms. The van der Waals surface area contributed by atoms with E-state index in [-0.39, 0.29) is 0 Å². The van der Waals surface area contributed by atoms with Gasteiger partial charge in [-0.2, -0.15) is 5.10 Å². The molecule has 4 nitrogen and oxygen atoms in total. The van der Waals surface area contributed by atoms with Crippen LogP contribution in [0.3, 0.4) is 0 Å². The maximum atomic E-state index is 5.18. The first-order valence-electron chi connectivity index (χ1n) is 6.22. The lowest BCUT2D eigenvalue weighted by molar-refractivity contribution is 0.414. The number of methoxy groups -OCH3 is 1. The van der Waals surface area contributed by atoms with Crippen LogP contribution in [0.15, 0.2) is 24.3 Å². The molecule has 0 amide bonds. The average Bonchev–Trinajstić information content (AvgIpc) is 2.77. The predicted molar refractivity (Wildman–Crippen MR) is 70.3 cm³/mol. The van der Waals surface area contributed by atoms with Gasteiger partial charge in [0, 0.05) is 25.1 Å². The van der Waals surface area contributed by atoms with Gasteiger partial charge in [0.2, 0.25) is 0 Å². The summed E-state index contributed by atoms with van der Waals surface area (Å²) in [6.45, 7) is 4.03. The van der Waals surface area contributed by atoms with Crippen molar-refractivity contribution in [1.82, 2.24) is 15.1 Å². The Morgan fingerprint density at radius 2 is 2.06 bits per heavy atom. The summed E-state index contributed by atoms with van der Waals surface area (Å²) in [4.78, 5) is 0. The maximum Gasteiger partial charge on any atom is 0.119 e. The Labute approximate surface area is 107 Å². The summed E-state index contributed by atoms with van der Waals surface area (Å²) in [7, 11) is 1.68. The second kappa shape index (κ2) is 4.46. The van der Waals surface area contributed by atoms with Gasteiger partial charge < -0.3 is 10.1 Å². The number of nitrogens with one attached hydrogen (secondary N) is 1. The van der Waals surface area contributed by atoms with Crippen LogP contribution in [0, 0.1) is 6.92 Å². The Balaban J connectivity index is 2.05. The van der Waals surface area contributed by atoms with E-state index in [1.165, 1.54) is 11.3 Å². The summed E-state index contributed by atoms with van der Waals surface area (Å²) in [5.74, 6) is 0.873. The van der Waals surface area contributed by atoms with Crippen LogP contribution in [-0.2, 0) is 13.0 Å². The topological polar surface area (TPSA) is 39.1 Å². The number of benzene rings is 1. The summed E-state index contributed by atoms with van der Waals surface area (Å²) < 4.78 is 7.24. The van der Waals surface area contributed by atoms with Crippen LogP contribution in [-0.4, -0.2) is 23.4 Å². The van der Waals surface area contributed by atoms with Crippen molar-refractivity contribution in [2.75, 3.05) is 13.7 Å². The third-order valence-electron chi connectivity index (χ3n) is 3.45. The lowest BCUT2D eigenvalue weighted by Gasteiger charge is -2.15. The number of fused-ring (bicyclic) bond motifs is 1. The van der Waals surface area contributed by atoms with Gasteiger partial charge in [-0.3, -0.25) is 0 Å². The van der Waals surface area contributed by atoms with Crippen molar-refractivity contribution in [3.05, 3.63) is 41.2 Å². The lowest BCUT2D eigenvalue weighted by atomic mass is 10.1. The van der Waals surface area contributed by atoms with Crippen LogP contribution in [0.4, 0.5) is 0 Å². The standard InChI is InChI=1S/C14H17N3O/c1-10-13-9-15-8-7-14(13)17(16-10)11-3-5-12(18-2)6-4-11/h3-6,15H,7-9H2,1-2H3. The van der Waals surface area contributed by atoms with E-state index in [0.717, 1.165) is 36.6 Å². The zero-order valence-corrected chi connectivity index (χ0v) is 10.7. The van der Waals surface area contributed by atoms with E-state index in [9.17, 15) is 0 Å². The second-order valence-corrected chi connectivity index (χ2v) is 4.55. The molecular weight excluding hydrogens is 226 g/mol. The molecule has 2 heterocycles. The molecule has 0 radical (unpaired) electrons. The van der Waals surface area contributed by atoms with Gasteiger partial charge >= 0.3 is 0 Å². The molecule has 0 saturated heterocycles. The molecule has 1 aliphatic rings.